The highest BCUT2D eigenvalue weighted by Crippen LogP contribution is 2.26. The number of benzene rings is 1. The van der Waals surface area contributed by atoms with Crippen molar-refractivity contribution in [3.05, 3.63) is 28.8 Å². The molecular formula is C13H19ClN2O2. The fraction of sp³-hybridized carbons (Fsp3) is 0.462. The molecule has 0 saturated heterocycles. The number of amides is 1. The van der Waals surface area contributed by atoms with E-state index in [0.717, 1.165) is 12.1 Å². The van der Waals surface area contributed by atoms with Crippen LogP contribution >= 0.6 is 11.6 Å². The first-order valence-corrected chi connectivity index (χ1v) is 6.33. The maximum Gasteiger partial charge on any atom is 0.260 e. The summed E-state index contributed by atoms with van der Waals surface area (Å²) in [7, 11) is 1.87. The van der Waals surface area contributed by atoms with Gasteiger partial charge in [0.2, 0.25) is 0 Å². The fourth-order valence-electron chi connectivity index (χ4n) is 1.52. The number of carbonyl (C=O) groups excluding carboxylic acids is 1. The molecule has 1 atom stereocenters. The van der Waals surface area contributed by atoms with Crippen molar-refractivity contribution in [3.63, 3.8) is 0 Å². The van der Waals surface area contributed by atoms with E-state index in [1.54, 1.807) is 13.0 Å². The summed E-state index contributed by atoms with van der Waals surface area (Å²) in [6, 6.07) is 5.53. The van der Waals surface area contributed by atoms with Gasteiger partial charge in [0.15, 0.2) is 6.10 Å². The quantitative estimate of drug-likeness (QED) is 0.831. The van der Waals surface area contributed by atoms with Gasteiger partial charge >= 0.3 is 0 Å². The smallest absolute Gasteiger partial charge is 0.260 e. The van der Waals surface area contributed by atoms with Crippen LogP contribution in [0.25, 0.3) is 0 Å². The highest BCUT2D eigenvalue weighted by Gasteiger charge is 2.15. The summed E-state index contributed by atoms with van der Waals surface area (Å²) in [6.45, 7) is 4.89. The zero-order valence-corrected chi connectivity index (χ0v) is 11.7. The van der Waals surface area contributed by atoms with Crippen molar-refractivity contribution >= 4 is 17.5 Å². The minimum atomic E-state index is -0.558. The van der Waals surface area contributed by atoms with Crippen LogP contribution in [0.15, 0.2) is 18.2 Å². The van der Waals surface area contributed by atoms with E-state index < -0.39 is 6.10 Å². The molecule has 1 aromatic rings. The van der Waals surface area contributed by atoms with E-state index >= 15 is 0 Å². The summed E-state index contributed by atoms with van der Waals surface area (Å²) in [5.74, 6) is 0.378. The number of ether oxygens (including phenoxy) is 1. The van der Waals surface area contributed by atoms with E-state index in [0.29, 0.717) is 17.3 Å². The van der Waals surface area contributed by atoms with E-state index in [2.05, 4.69) is 10.6 Å². The van der Waals surface area contributed by atoms with Crippen molar-refractivity contribution < 1.29 is 9.53 Å². The molecule has 4 nitrogen and oxygen atoms in total. The van der Waals surface area contributed by atoms with Gasteiger partial charge in [-0.05, 0) is 38.6 Å². The molecule has 0 fully saturated rings. The van der Waals surface area contributed by atoms with Crippen LogP contribution in [0.3, 0.4) is 0 Å². The van der Waals surface area contributed by atoms with E-state index in [1.807, 2.05) is 26.1 Å². The lowest BCUT2D eigenvalue weighted by Gasteiger charge is -2.15. The molecule has 0 saturated carbocycles. The molecule has 0 aromatic heterocycles. The number of carbonyl (C=O) groups is 1. The van der Waals surface area contributed by atoms with Crippen molar-refractivity contribution in [3.8, 4) is 5.75 Å². The Morgan fingerprint density at radius 1 is 1.50 bits per heavy atom. The lowest BCUT2D eigenvalue weighted by atomic mass is 10.2. The molecule has 0 aliphatic rings. The van der Waals surface area contributed by atoms with E-state index in [4.69, 9.17) is 16.3 Å². The molecule has 0 aliphatic heterocycles. The van der Waals surface area contributed by atoms with Crippen molar-refractivity contribution in [2.75, 3.05) is 13.6 Å². The molecule has 100 valence electrons. The minimum Gasteiger partial charge on any atom is -0.479 e. The van der Waals surface area contributed by atoms with E-state index in [9.17, 15) is 4.79 Å². The monoisotopic (exact) mass is 270 g/mol. The van der Waals surface area contributed by atoms with Crippen molar-refractivity contribution in [1.82, 2.24) is 10.6 Å². The van der Waals surface area contributed by atoms with E-state index in [1.165, 1.54) is 0 Å². The van der Waals surface area contributed by atoms with Gasteiger partial charge in [0, 0.05) is 13.1 Å². The third-order valence-electron chi connectivity index (χ3n) is 2.40. The third kappa shape index (κ3) is 4.20. The molecular weight excluding hydrogens is 252 g/mol. The van der Waals surface area contributed by atoms with Crippen LogP contribution in [0, 0.1) is 0 Å². The van der Waals surface area contributed by atoms with Crippen molar-refractivity contribution in [2.45, 2.75) is 26.5 Å². The number of likely N-dealkylation sites (N-methyl/N-ethyl adjacent to an activating group) is 1. The minimum absolute atomic E-state index is 0.145. The van der Waals surface area contributed by atoms with Gasteiger partial charge in [0.1, 0.15) is 5.75 Å². The van der Waals surface area contributed by atoms with Crippen LogP contribution in [-0.2, 0) is 11.3 Å². The zero-order valence-electron chi connectivity index (χ0n) is 10.9. The second-order valence-electron chi connectivity index (χ2n) is 3.95. The highest BCUT2D eigenvalue weighted by molar-refractivity contribution is 6.32. The van der Waals surface area contributed by atoms with Gasteiger partial charge in [-0.2, -0.15) is 0 Å². The Hall–Kier alpha value is -1.26. The lowest BCUT2D eigenvalue weighted by Crippen LogP contribution is -2.36. The van der Waals surface area contributed by atoms with Crippen LogP contribution in [-0.4, -0.2) is 25.6 Å². The van der Waals surface area contributed by atoms with Gasteiger partial charge in [-0.25, -0.2) is 0 Å². The number of rotatable bonds is 6. The van der Waals surface area contributed by atoms with Crippen molar-refractivity contribution in [1.29, 1.82) is 0 Å². The molecule has 0 bridgehead atoms. The Bertz CT molecular complexity index is 410. The summed E-state index contributed by atoms with van der Waals surface area (Å²) >= 11 is 6.11. The normalized spacial score (nSPS) is 12.0. The molecule has 0 radical (unpaired) electrons. The topological polar surface area (TPSA) is 50.4 Å². The molecule has 5 heteroatoms. The second kappa shape index (κ2) is 7.24. The van der Waals surface area contributed by atoms with Gasteiger partial charge in [-0.3, -0.25) is 4.79 Å². The maximum absolute atomic E-state index is 11.5. The SMILES string of the molecule is CCNC(=O)C(C)Oc1ccc(CNC)cc1Cl. The first-order valence-electron chi connectivity index (χ1n) is 5.95. The van der Waals surface area contributed by atoms with E-state index in [-0.39, 0.29) is 5.91 Å². The molecule has 0 heterocycles. The summed E-state index contributed by atoms with van der Waals surface area (Å²) < 4.78 is 5.53. The van der Waals surface area contributed by atoms with Crippen LogP contribution in [0.4, 0.5) is 0 Å². The summed E-state index contributed by atoms with van der Waals surface area (Å²) in [5, 5.41) is 6.26. The van der Waals surface area contributed by atoms with Gasteiger partial charge in [0.05, 0.1) is 5.02 Å². The Balaban J connectivity index is 2.70. The average molecular weight is 271 g/mol. The number of halogens is 1. The molecule has 0 aliphatic carbocycles. The molecule has 2 N–H and O–H groups in total. The average Bonchev–Trinajstić information content (AvgIpc) is 2.33. The maximum atomic E-state index is 11.5. The highest BCUT2D eigenvalue weighted by atomic mass is 35.5. The fourth-order valence-corrected chi connectivity index (χ4v) is 1.76. The number of nitrogens with one attached hydrogen (secondary N) is 2. The molecule has 1 aromatic carbocycles. The largest absolute Gasteiger partial charge is 0.479 e. The number of hydrogen-bond donors (Lipinski definition) is 2. The summed E-state index contributed by atoms with van der Waals surface area (Å²) in [6.07, 6.45) is -0.558. The first kappa shape index (κ1) is 14.8. The standard InChI is InChI=1S/C13H19ClN2O2/c1-4-16-13(17)9(2)18-12-6-5-10(8-15-3)7-11(12)14/h5-7,9,15H,4,8H2,1-3H3,(H,16,17). The van der Waals surface area contributed by atoms with Gasteiger partial charge in [0.25, 0.3) is 5.91 Å². The molecule has 1 unspecified atom stereocenters. The molecule has 1 amide bonds. The summed E-state index contributed by atoms with van der Waals surface area (Å²) in [5.41, 5.74) is 1.07. The van der Waals surface area contributed by atoms with Crippen LogP contribution in [0.5, 0.6) is 5.75 Å². The predicted octanol–water partition coefficient (Wildman–Crippen LogP) is 1.96. The second-order valence-corrected chi connectivity index (χ2v) is 4.36. The molecule has 0 spiro atoms. The molecule has 1 rings (SSSR count). The molecule has 18 heavy (non-hydrogen) atoms. The van der Waals surface area contributed by atoms with Gasteiger partial charge < -0.3 is 15.4 Å². The van der Waals surface area contributed by atoms with Gasteiger partial charge in [-0.15, -0.1) is 0 Å². The first-order chi connectivity index (χ1) is 8.58. The summed E-state index contributed by atoms with van der Waals surface area (Å²) in [4.78, 5) is 11.5. The van der Waals surface area contributed by atoms with Crippen LogP contribution in [0.2, 0.25) is 5.02 Å². The Morgan fingerprint density at radius 3 is 2.78 bits per heavy atom. The van der Waals surface area contributed by atoms with Gasteiger partial charge in [-0.1, -0.05) is 17.7 Å². The number of hydrogen-bond acceptors (Lipinski definition) is 3. The van der Waals surface area contributed by atoms with Crippen molar-refractivity contribution in [2.24, 2.45) is 0 Å². The Labute approximate surface area is 113 Å². The Kier molecular flexibility index (Phi) is 5.95. The third-order valence-corrected chi connectivity index (χ3v) is 2.70. The Morgan fingerprint density at radius 2 is 2.22 bits per heavy atom. The van der Waals surface area contributed by atoms with Crippen LogP contribution < -0.4 is 15.4 Å². The lowest BCUT2D eigenvalue weighted by molar-refractivity contribution is -0.127. The zero-order chi connectivity index (χ0) is 13.5. The predicted molar refractivity (Wildman–Crippen MR) is 73.0 cm³/mol. The van der Waals surface area contributed by atoms with Crippen LogP contribution in [0.1, 0.15) is 19.4 Å².